The first kappa shape index (κ1) is 16.0. The van der Waals surface area contributed by atoms with E-state index in [1.807, 2.05) is 0 Å². The van der Waals surface area contributed by atoms with Gasteiger partial charge in [-0.2, -0.15) is 0 Å². The molecule has 2 rings (SSSR count). The Kier molecular flexibility index (Phi) is 7.29. The van der Waals surface area contributed by atoms with Gasteiger partial charge in [0.25, 0.3) is 0 Å². The Balaban J connectivity index is 0.00000162. The molecule has 1 unspecified atom stereocenters. The Bertz CT molecular complexity index is 266. The zero-order valence-corrected chi connectivity index (χ0v) is 13.7. The summed E-state index contributed by atoms with van der Waals surface area (Å²) in [6, 6.07) is 0. The number of nitrogens with zero attached hydrogens (tertiary/aromatic N) is 2. The van der Waals surface area contributed by atoms with Crippen molar-refractivity contribution in [3.05, 3.63) is 0 Å². The van der Waals surface area contributed by atoms with E-state index in [-0.39, 0.29) is 24.0 Å². The van der Waals surface area contributed by atoms with Crippen LogP contribution in [0.15, 0.2) is 4.99 Å². The Hall–Kier alpha value is -0.0400. The van der Waals surface area contributed by atoms with Gasteiger partial charge in [-0.05, 0) is 51.1 Å². The molecule has 1 atom stereocenters. The van der Waals surface area contributed by atoms with E-state index in [2.05, 4.69) is 22.3 Å². The minimum absolute atomic E-state index is 0. The van der Waals surface area contributed by atoms with Crippen LogP contribution in [0.1, 0.15) is 32.1 Å². The Morgan fingerprint density at radius 3 is 2.61 bits per heavy atom. The fourth-order valence-electron chi connectivity index (χ4n) is 2.65. The second-order valence-electron chi connectivity index (χ2n) is 5.67. The van der Waals surface area contributed by atoms with Gasteiger partial charge in [0.2, 0.25) is 0 Å². The lowest BCUT2D eigenvalue weighted by Crippen LogP contribution is -2.38. The van der Waals surface area contributed by atoms with Crippen LogP contribution in [0.5, 0.6) is 0 Å². The molecule has 1 aliphatic carbocycles. The Labute approximate surface area is 128 Å². The van der Waals surface area contributed by atoms with Gasteiger partial charge in [0.1, 0.15) is 0 Å². The second-order valence-corrected chi connectivity index (χ2v) is 5.67. The van der Waals surface area contributed by atoms with Crippen molar-refractivity contribution in [3.8, 4) is 0 Å². The quantitative estimate of drug-likeness (QED) is 0.452. The van der Waals surface area contributed by atoms with E-state index in [9.17, 15) is 0 Å². The molecular weight excluding hydrogens is 339 g/mol. The average molecular weight is 366 g/mol. The van der Waals surface area contributed by atoms with Crippen LogP contribution in [0.25, 0.3) is 0 Å². The number of nitrogens with two attached hydrogens (primary N) is 1. The number of hydrogen-bond acceptors (Lipinski definition) is 2. The molecule has 0 radical (unpaired) electrons. The van der Waals surface area contributed by atoms with E-state index in [1.165, 1.54) is 45.2 Å². The predicted molar refractivity (Wildman–Crippen MR) is 87.5 cm³/mol. The first-order chi connectivity index (χ1) is 8.24. The van der Waals surface area contributed by atoms with Crippen LogP contribution in [0.3, 0.4) is 0 Å². The molecule has 3 N–H and O–H groups in total. The first-order valence-electron chi connectivity index (χ1n) is 6.96. The number of rotatable bonds is 4. The highest BCUT2D eigenvalue weighted by atomic mass is 127. The van der Waals surface area contributed by atoms with Crippen LogP contribution in [0.4, 0.5) is 0 Å². The summed E-state index contributed by atoms with van der Waals surface area (Å²) in [7, 11) is 2.19. The number of halogens is 1. The molecule has 0 aromatic rings. The number of piperidine rings is 1. The molecule has 1 heterocycles. The van der Waals surface area contributed by atoms with Crippen LogP contribution in [-0.4, -0.2) is 44.1 Å². The van der Waals surface area contributed by atoms with Gasteiger partial charge in [-0.1, -0.05) is 6.42 Å². The average Bonchev–Trinajstić information content (AvgIpc) is 2.24. The number of guanidine groups is 1. The van der Waals surface area contributed by atoms with Gasteiger partial charge in [0, 0.05) is 19.6 Å². The molecule has 4 nitrogen and oxygen atoms in total. The largest absolute Gasteiger partial charge is 0.370 e. The maximum absolute atomic E-state index is 5.88. The van der Waals surface area contributed by atoms with Crippen molar-refractivity contribution in [3.63, 3.8) is 0 Å². The monoisotopic (exact) mass is 366 g/mol. The summed E-state index contributed by atoms with van der Waals surface area (Å²) in [6.07, 6.45) is 6.69. The van der Waals surface area contributed by atoms with Crippen molar-refractivity contribution in [2.45, 2.75) is 32.1 Å². The smallest absolute Gasteiger partial charge is 0.188 e. The first-order valence-corrected chi connectivity index (χ1v) is 6.96. The molecule has 18 heavy (non-hydrogen) atoms. The second kappa shape index (κ2) is 8.19. The molecule has 2 aliphatic rings. The van der Waals surface area contributed by atoms with Crippen molar-refractivity contribution >= 4 is 29.9 Å². The number of likely N-dealkylation sites (tertiary alicyclic amines) is 1. The van der Waals surface area contributed by atoms with Gasteiger partial charge in [0.05, 0.1) is 0 Å². The van der Waals surface area contributed by atoms with Crippen LogP contribution in [0, 0.1) is 11.8 Å². The molecule has 0 aromatic carbocycles. The van der Waals surface area contributed by atoms with E-state index in [0.717, 1.165) is 19.0 Å². The maximum Gasteiger partial charge on any atom is 0.188 e. The standard InChI is InChI=1S/C13H26N4.HI/c1-17-7-3-6-12(10-17)9-16-13(14)15-8-11-4-2-5-11;/h11-12H,2-10H2,1H3,(H3,14,15,16);1H. The van der Waals surface area contributed by atoms with Crippen LogP contribution in [-0.2, 0) is 0 Å². The fraction of sp³-hybridized carbons (Fsp3) is 0.923. The van der Waals surface area contributed by atoms with E-state index >= 15 is 0 Å². The Morgan fingerprint density at radius 1 is 1.28 bits per heavy atom. The number of aliphatic imine (C=N–C) groups is 1. The van der Waals surface area contributed by atoms with E-state index < -0.39 is 0 Å². The highest BCUT2D eigenvalue weighted by Crippen LogP contribution is 2.25. The van der Waals surface area contributed by atoms with Crippen LogP contribution < -0.4 is 11.1 Å². The summed E-state index contributed by atoms with van der Waals surface area (Å²) >= 11 is 0. The van der Waals surface area contributed by atoms with Gasteiger partial charge in [0.15, 0.2) is 5.96 Å². The number of nitrogens with one attached hydrogen (secondary N) is 1. The molecule has 5 heteroatoms. The minimum atomic E-state index is 0. The molecular formula is C13H27IN4. The van der Waals surface area contributed by atoms with Gasteiger partial charge in [-0.25, -0.2) is 0 Å². The topological polar surface area (TPSA) is 53.6 Å². The van der Waals surface area contributed by atoms with E-state index in [4.69, 9.17) is 5.73 Å². The molecule has 0 spiro atoms. The third kappa shape index (κ3) is 5.30. The van der Waals surface area contributed by atoms with Crippen LogP contribution >= 0.6 is 24.0 Å². The van der Waals surface area contributed by atoms with Crippen LogP contribution in [0.2, 0.25) is 0 Å². The lowest BCUT2D eigenvalue weighted by Gasteiger charge is -2.28. The third-order valence-electron chi connectivity index (χ3n) is 4.04. The summed E-state index contributed by atoms with van der Waals surface area (Å²) in [5.74, 6) is 2.17. The maximum atomic E-state index is 5.88. The summed E-state index contributed by atoms with van der Waals surface area (Å²) in [6.45, 7) is 4.29. The number of hydrogen-bond donors (Lipinski definition) is 2. The molecule has 106 valence electrons. The zero-order valence-electron chi connectivity index (χ0n) is 11.4. The van der Waals surface area contributed by atoms with Crippen molar-refractivity contribution < 1.29 is 0 Å². The molecule has 1 saturated carbocycles. The highest BCUT2D eigenvalue weighted by molar-refractivity contribution is 14.0. The molecule has 1 saturated heterocycles. The van der Waals surface area contributed by atoms with Gasteiger partial charge < -0.3 is 16.0 Å². The van der Waals surface area contributed by atoms with Crippen molar-refractivity contribution in [2.24, 2.45) is 22.6 Å². The van der Waals surface area contributed by atoms with E-state index in [0.29, 0.717) is 11.9 Å². The fourth-order valence-corrected chi connectivity index (χ4v) is 2.65. The van der Waals surface area contributed by atoms with Crippen molar-refractivity contribution in [1.82, 2.24) is 10.2 Å². The highest BCUT2D eigenvalue weighted by Gasteiger charge is 2.18. The lowest BCUT2D eigenvalue weighted by molar-refractivity contribution is 0.214. The third-order valence-corrected chi connectivity index (χ3v) is 4.04. The Morgan fingerprint density at radius 2 is 2.00 bits per heavy atom. The lowest BCUT2D eigenvalue weighted by atomic mass is 9.85. The summed E-state index contributed by atoms with van der Waals surface area (Å²) in [5.41, 5.74) is 5.88. The van der Waals surface area contributed by atoms with Gasteiger partial charge in [-0.3, -0.25) is 4.99 Å². The summed E-state index contributed by atoms with van der Waals surface area (Å²) in [4.78, 5) is 6.86. The zero-order chi connectivity index (χ0) is 12.1. The van der Waals surface area contributed by atoms with Gasteiger partial charge >= 0.3 is 0 Å². The van der Waals surface area contributed by atoms with Crippen molar-refractivity contribution in [2.75, 3.05) is 33.2 Å². The summed E-state index contributed by atoms with van der Waals surface area (Å²) < 4.78 is 0. The predicted octanol–water partition coefficient (Wildman–Crippen LogP) is 1.65. The molecule has 0 aromatic heterocycles. The summed E-state index contributed by atoms with van der Waals surface area (Å²) in [5, 5.41) is 3.25. The molecule has 0 amide bonds. The normalized spacial score (nSPS) is 26.3. The van der Waals surface area contributed by atoms with Gasteiger partial charge in [-0.15, -0.1) is 24.0 Å². The minimum Gasteiger partial charge on any atom is -0.370 e. The molecule has 2 fully saturated rings. The molecule has 0 bridgehead atoms. The van der Waals surface area contributed by atoms with Crippen molar-refractivity contribution in [1.29, 1.82) is 0 Å². The molecule has 1 aliphatic heterocycles. The SMILES string of the molecule is CN1CCCC(CN=C(N)NCC2CCC2)C1.I. The van der Waals surface area contributed by atoms with E-state index in [1.54, 1.807) is 0 Å².